The summed E-state index contributed by atoms with van der Waals surface area (Å²) in [5.74, 6) is -2.40. The average Bonchev–Trinajstić information content (AvgIpc) is 3.40. The van der Waals surface area contributed by atoms with Crippen LogP contribution in [0, 0.1) is 0 Å². The molecule has 0 aliphatic carbocycles. The number of carboxylic acids is 1. The molecule has 3 amide bonds. The summed E-state index contributed by atoms with van der Waals surface area (Å²) in [7, 11) is -3.30. The number of ether oxygens (including phenoxy) is 2. The van der Waals surface area contributed by atoms with Crippen molar-refractivity contribution >= 4 is 33.5 Å². The quantitative estimate of drug-likeness (QED) is 0.270. The van der Waals surface area contributed by atoms with E-state index in [4.69, 9.17) is 14.6 Å². The number of aliphatic carboxylic acids is 1. The van der Waals surface area contributed by atoms with Crippen molar-refractivity contribution in [3.8, 4) is 0 Å². The van der Waals surface area contributed by atoms with Gasteiger partial charge in [-0.1, -0.05) is 17.3 Å². The molecule has 2 aliphatic heterocycles. The molecule has 2 aliphatic rings. The van der Waals surface area contributed by atoms with E-state index in [1.165, 1.54) is 6.20 Å². The minimum Gasteiger partial charge on any atom is -0.480 e. The molecule has 4 N–H and O–H groups in total. The molecule has 2 saturated heterocycles. The van der Waals surface area contributed by atoms with Crippen molar-refractivity contribution in [2.24, 2.45) is 0 Å². The Kier molecular flexibility index (Phi) is 11.6. The predicted molar refractivity (Wildman–Crippen MR) is 157 cm³/mol. The molecular weight excluding hydrogens is 610 g/mol. The highest BCUT2D eigenvalue weighted by Crippen LogP contribution is 2.27. The Morgan fingerprint density at radius 3 is 2.47 bits per heavy atom. The first-order chi connectivity index (χ1) is 21.4. The van der Waals surface area contributed by atoms with Crippen molar-refractivity contribution in [3.05, 3.63) is 41.7 Å². The lowest BCUT2D eigenvalue weighted by Crippen LogP contribution is -2.59. The fraction of sp³-hybridized carbons (Fsp3) is 0.571. The Morgan fingerprint density at radius 1 is 1.07 bits per heavy atom. The number of amides is 3. The van der Waals surface area contributed by atoms with Gasteiger partial charge in [-0.05, 0) is 30.5 Å². The van der Waals surface area contributed by atoms with Crippen LogP contribution in [-0.4, -0.2) is 121 Å². The molecule has 3 heterocycles. The van der Waals surface area contributed by atoms with E-state index < -0.39 is 45.7 Å². The number of carboxylic acid groups (broad SMARTS) is 1. The minimum absolute atomic E-state index is 0.0306. The van der Waals surface area contributed by atoms with Crippen LogP contribution in [0.25, 0.3) is 0 Å². The summed E-state index contributed by atoms with van der Waals surface area (Å²) in [6, 6.07) is 5.66. The van der Waals surface area contributed by atoms with Gasteiger partial charge in [0.1, 0.15) is 19.2 Å². The van der Waals surface area contributed by atoms with E-state index in [0.29, 0.717) is 38.2 Å². The number of carbonyl (C=O) groups is 4. The van der Waals surface area contributed by atoms with Crippen LogP contribution >= 0.6 is 0 Å². The maximum absolute atomic E-state index is 13.5. The largest absolute Gasteiger partial charge is 0.480 e. The number of benzene rings is 1. The predicted octanol–water partition coefficient (Wildman–Crippen LogP) is -1.50. The average molecular weight is 650 g/mol. The second-order valence-corrected chi connectivity index (χ2v) is 13.3. The molecule has 2 aromatic rings. The van der Waals surface area contributed by atoms with Gasteiger partial charge < -0.3 is 30.5 Å². The summed E-state index contributed by atoms with van der Waals surface area (Å²) >= 11 is 0. The van der Waals surface area contributed by atoms with Crippen LogP contribution in [0.15, 0.2) is 35.4 Å². The number of aromatic nitrogens is 3. The molecule has 45 heavy (non-hydrogen) atoms. The van der Waals surface area contributed by atoms with Gasteiger partial charge in [0.25, 0.3) is 0 Å². The number of nitrogens with one attached hydrogen (secondary N) is 3. The van der Waals surface area contributed by atoms with E-state index in [1.807, 2.05) is 0 Å². The Balaban J connectivity index is 1.46. The van der Waals surface area contributed by atoms with Crippen molar-refractivity contribution in [2.75, 3.05) is 52.3 Å². The number of rotatable bonds is 7. The summed E-state index contributed by atoms with van der Waals surface area (Å²) in [4.78, 5) is 52.9. The number of likely N-dealkylation sites (tertiary alicyclic amines) is 1. The summed E-state index contributed by atoms with van der Waals surface area (Å²) in [6.45, 7) is 1.83. The molecule has 1 aromatic heterocycles. The van der Waals surface area contributed by atoms with Gasteiger partial charge in [0, 0.05) is 51.5 Å². The van der Waals surface area contributed by atoms with Crippen molar-refractivity contribution in [3.63, 3.8) is 0 Å². The van der Waals surface area contributed by atoms with Gasteiger partial charge in [-0.3, -0.25) is 24.1 Å². The van der Waals surface area contributed by atoms with E-state index in [0.717, 1.165) is 16.5 Å². The van der Waals surface area contributed by atoms with Gasteiger partial charge in [-0.2, -0.15) is 0 Å². The van der Waals surface area contributed by atoms with E-state index in [-0.39, 0.29) is 56.6 Å². The standard InChI is InChI=1S/C28H39N7O9S/c1-45(41,42)22-4-2-20(3-5-22)16-34-9-6-28(7-10-34)15-24(36)30-23(14-21-17-35(33-32-21)18-26(38)39)27(40)29-8-11-43-12-13-44-19-25(37)31-28/h2-5,17,23H,6-16,18-19H2,1H3,(H,29,40)(H,30,36)(H,31,37)(H,38,39)/t23-/m1/s1. The maximum Gasteiger partial charge on any atom is 0.325 e. The van der Waals surface area contributed by atoms with Gasteiger partial charge in [0.05, 0.1) is 35.9 Å². The van der Waals surface area contributed by atoms with Gasteiger partial charge in [-0.25, -0.2) is 13.1 Å². The third-order valence-corrected chi connectivity index (χ3v) is 8.70. The zero-order chi connectivity index (χ0) is 32.5. The molecule has 246 valence electrons. The number of hydrogen-bond acceptors (Lipinski definition) is 11. The first kappa shape index (κ1) is 34.0. The SMILES string of the molecule is CS(=O)(=O)c1ccc(CN2CCC3(CC2)CC(=O)N[C@H](Cc2cn(CC(=O)O)nn2)C(=O)NCCOCCOCC(=O)N3)cc1. The number of carbonyl (C=O) groups excluding carboxylic acids is 3. The van der Waals surface area contributed by atoms with Gasteiger partial charge in [0.15, 0.2) is 9.84 Å². The highest BCUT2D eigenvalue weighted by molar-refractivity contribution is 7.90. The normalized spacial score (nSPS) is 21.1. The molecule has 0 radical (unpaired) electrons. The summed E-state index contributed by atoms with van der Waals surface area (Å²) < 4.78 is 35.6. The van der Waals surface area contributed by atoms with Crippen molar-refractivity contribution in [2.45, 2.75) is 55.2 Å². The number of piperidine rings is 1. The van der Waals surface area contributed by atoms with E-state index in [9.17, 15) is 27.6 Å². The molecule has 1 atom stereocenters. The number of sulfone groups is 1. The zero-order valence-corrected chi connectivity index (χ0v) is 25.9. The second kappa shape index (κ2) is 15.4. The Labute approximate surface area is 260 Å². The fourth-order valence-corrected chi connectivity index (χ4v) is 5.92. The summed E-state index contributed by atoms with van der Waals surface area (Å²) in [5, 5.41) is 25.2. The zero-order valence-electron chi connectivity index (χ0n) is 25.1. The lowest BCUT2D eigenvalue weighted by atomic mass is 9.83. The Hall–Kier alpha value is -3.93. The van der Waals surface area contributed by atoms with Crippen molar-refractivity contribution in [1.29, 1.82) is 0 Å². The molecule has 17 heteroatoms. The van der Waals surface area contributed by atoms with E-state index >= 15 is 0 Å². The van der Waals surface area contributed by atoms with Crippen LogP contribution in [0.1, 0.15) is 30.5 Å². The monoisotopic (exact) mass is 649 g/mol. The van der Waals surface area contributed by atoms with E-state index in [1.54, 1.807) is 24.3 Å². The van der Waals surface area contributed by atoms with Crippen LogP contribution in [-0.2, 0) is 58.0 Å². The molecular formula is C28H39N7O9S. The number of hydrogen-bond donors (Lipinski definition) is 4. The molecule has 0 bridgehead atoms. The maximum atomic E-state index is 13.5. The molecule has 16 nitrogen and oxygen atoms in total. The van der Waals surface area contributed by atoms with Gasteiger partial charge in [0.2, 0.25) is 17.7 Å². The van der Waals surface area contributed by atoms with Crippen LogP contribution in [0.4, 0.5) is 0 Å². The van der Waals surface area contributed by atoms with Crippen LogP contribution < -0.4 is 16.0 Å². The smallest absolute Gasteiger partial charge is 0.325 e. The van der Waals surface area contributed by atoms with Crippen LogP contribution in [0.2, 0.25) is 0 Å². The third-order valence-electron chi connectivity index (χ3n) is 7.57. The minimum atomic E-state index is -3.30. The van der Waals surface area contributed by atoms with Crippen molar-refractivity contribution < 1.29 is 42.2 Å². The summed E-state index contributed by atoms with van der Waals surface area (Å²) in [5.41, 5.74) is 0.351. The lowest BCUT2D eigenvalue weighted by molar-refractivity contribution is -0.138. The topological polar surface area (TPSA) is 211 Å². The fourth-order valence-electron chi connectivity index (χ4n) is 5.29. The molecule has 1 spiro atoms. The van der Waals surface area contributed by atoms with E-state index in [2.05, 4.69) is 31.2 Å². The van der Waals surface area contributed by atoms with Crippen LogP contribution in [0.3, 0.4) is 0 Å². The third kappa shape index (κ3) is 10.6. The highest BCUT2D eigenvalue weighted by atomic mass is 32.2. The van der Waals surface area contributed by atoms with Gasteiger partial charge in [-0.15, -0.1) is 5.10 Å². The highest BCUT2D eigenvalue weighted by Gasteiger charge is 2.39. The Bertz CT molecular complexity index is 1450. The first-order valence-corrected chi connectivity index (χ1v) is 16.5. The summed E-state index contributed by atoms with van der Waals surface area (Å²) in [6.07, 6.45) is 3.33. The molecule has 0 saturated carbocycles. The molecule has 1 aromatic carbocycles. The van der Waals surface area contributed by atoms with Crippen LogP contribution in [0.5, 0.6) is 0 Å². The van der Waals surface area contributed by atoms with Gasteiger partial charge >= 0.3 is 5.97 Å². The number of nitrogens with zero attached hydrogens (tertiary/aromatic N) is 4. The second-order valence-electron chi connectivity index (χ2n) is 11.3. The molecule has 2 fully saturated rings. The van der Waals surface area contributed by atoms with Crippen molar-refractivity contribution in [1.82, 2.24) is 35.8 Å². The lowest BCUT2D eigenvalue weighted by Gasteiger charge is -2.42. The first-order valence-electron chi connectivity index (χ1n) is 14.6. The molecule has 0 unspecified atom stereocenters. The molecule has 4 rings (SSSR count). The Morgan fingerprint density at radius 2 is 1.78 bits per heavy atom.